The van der Waals surface area contributed by atoms with Gasteiger partial charge in [-0.3, -0.25) is 9.78 Å². The molecule has 1 amide bonds. The van der Waals surface area contributed by atoms with Gasteiger partial charge in [-0.15, -0.1) is 0 Å². The van der Waals surface area contributed by atoms with Crippen LogP contribution in [0.25, 0.3) is 10.9 Å². The monoisotopic (exact) mass is 601 g/mol. The third-order valence-corrected chi connectivity index (χ3v) is 7.76. The van der Waals surface area contributed by atoms with Crippen LogP contribution in [-0.2, 0) is 16.8 Å². The van der Waals surface area contributed by atoms with Gasteiger partial charge in [-0.25, -0.2) is 9.37 Å². The standard InChI is InChI=1S/C31H28F5N3O4/c1-18(40)39-13-10-21(11-14-39)31(41,20-4-7-23(32)8-5-20)22-6-9-26-24(16-22)27(42-29(33)34)25(28(38-26)43-30(35)36)15-19-3-2-12-37-17-19/h2-9,12,16-17,21,29-30,41H,10-11,13-15H2,1H3. The Morgan fingerprint density at radius 3 is 2.30 bits per heavy atom. The maximum absolute atomic E-state index is 13.9. The van der Waals surface area contributed by atoms with Crippen molar-refractivity contribution in [1.82, 2.24) is 14.9 Å². The number of rotatable bonds is 9. The van der Waals surface area contributed by atoms with Crippen molar-refractivity contribution in [1.29, 1.82) is 0 Å². The zero-order valence-corrected chi connectivity index (χ0v) is 23.0. The smallest absolute Gasteiger partial charge is 0.388 e. The molecule has 2 aromatic carbocycles. The number of aliphatic hydroxyl groups is 1. The van der Waals surface area contributed by atoms with Crippen molar-refractivity contribution < 1.29 is 41.3 Å². The number of likely N-dealkylation sites (tertiary alicyclic amines) is 1. The summed E-state index contributed by atoms with van der Waals surface area (Å²) in [4.78, 5) is 21.8. The number of fused-ring (bicyclic) bond motifs is 1. The van der Waals surface area contributed by atoms with E-state index >= 15 is 0 Å². The van der Waals surface area contributed by atoms with Gasteiger partial charge in [-0.05, 0) is 65.8 Å². The molecule has 5 rings (SSSR count). The Labute approximate surface area is 243 Å². The van der Waals surface area contributed by atoms with E-state index in [1.54, 1.807) is 17.0 Å². The summed E-state index contributed by atoms with van der Waals surface area (Å²) in [6, 6.07) is 12.9. The van der Waals surface area contributed by atoms with Gasteiger partial charge in [0.1, 0.15) is 17.2 Å². The average molecular weight is 602 g/mol. The largest absolute Gasteiger partial charge is 0.434 e. The highest BCUT2D eigenvalue weighted by Crippen LogP contribution is 2.45. The highest BCUT2D eigenvalue weighted by molar-refractivity contribution is 5.88. The van der Waals surface area contributed by atoms with Crippen LogP contribution in [0.5, 0.6) is 11.6 Å². The number of carbonyl (C=O) groups is 1. The van der Waals surface area contributed by atoms with Gasteiger partial charge in [0, 0.05) is 44.2 Å². The van der Waals surface area contributed by atoms with Crippen molar-refractivity contribution >= 4 is 16.8 Å². The summed E-state index contributed by atoms with van der Waals surface area (Å²) in [5.74, 6) is -2.08. The van der Waals surface area contributed by atoms with Crippen LogP contribution in [0.3, 0.4) is 0 Å². The minimum atomic E-state index is -3.33. The van der Waals surface area contributed by atoms with E-state index in [2.05, 4.69) is 14.7 Å². The van der Waals surface area contributed by atoms with Gasteiger partial charge in [0.2, 0.25) is 11.8 Å². The summed E-state index contributed by atoms with van der Waals surface area (Å²) in [5.41, 5.74) is -0.765. The molecule has 4 aromatic rings. The van der Waals surface area contributed by atoms with Gasteiger partial charge in [0.25, 0.3) is 0 Å². The molecule has 0 spiro atoms. The maximum atomic E-state index is 13.9. The number of hydrogen-bond acceptors (Lipinski definition) is 6. The van der Waals surface area contributed by atoms with Gasteiger partial charge >= 0.3 is 13.2 Å². The van der Waals surface area contributed by atoms with E-state index in [1.807, 2.05) is 0 Å². The Hall–Kier alpha value is -4.32. The predicted molar refractivity (Wildman–Crippen MR) is 146 cm³/mol. The van der Waals surface area contributed by atoms with Crippen LogP contribution < -0.4 is 9.47 Å². The lowest BCUT2D eigenvalue weighted by Crippen LogP contribution is -2.45. The highest BCUT2D eigenvalue weighted by Gasteiger charge is 2.42. The molecular weight excluding hydrogens is 573 g/mol. The molecule has 1 fully saturated rings. The first-order valence-corrected chi connectivity index (χ1v) is 13.6. The molecule has 0 saturated carbocycles. The second-order valence-corrected chi connectivity index (χ2v) is 10.3. The van der Waals surface area contributed by atoms with Crippen LogP contribution in [0.2, 0.25) is 0 Å². The number of ether oxygens (including phenoxy) is 2. The first-order valence-electron chi connectivity index (χ1n) is 13.6. The maximum Gasteiger partial charge on any atom is 0.388 e. The van der Waals surface area contributed by atoms with Gasteiger partial charge in [0.15, 0.2) is 0 Å². The number of aromatic nitrogens is 2. The molecule has 1 unspecified atom stereocenters. The van der Waals surface area contributed by atoms with Crippen LogP contribution in [0.15, 0.2) is 67.0 Å². The Kier molecular flexibility index (Phi) is 8.77. The molecule has 226 valence electrons. The van der Waals surface area contributed by atoms with Crippen LogP contribution in [-0.4, -0.2) is 52.2 Å². The second-order valence-electron chi connectivity index (χ2n) is 10.3. The Morgan fingerprint density at radius 1 is 1.02 bits per heavy atom. The van der Waals surface area contributed by atoms with E-state index < -0.39 is 42.2 Å². The Balaban J connectivity index is 1.70. The number of carbonyl (C=O) groups excluding carboxylic acids is 1. The number of nitrogens with zero attached hydrogens (tertiary/aromatic N) is 3. The first kappa shape index (κ1) is 30.1. The molecule has 7 nitrogen and oxygen atoms in total. The van der Waals surface area contributed by atoms with Crippen molar-refractivity contribution in [2.24, 2.45) is 5.92 Å². The zero-order chi connectivity index (χ0) is 30.7. The number of benzene rings is 2. The van der Waals surface area contributed by atoms with E-state index in [4.69, 9.17) is 4.74 Å². The van der Waals surface area contributed by atoms with Gasteiger partial charge in [-0.1, -0.05) is 24.3 Å². The molecule has 2 aromatic heterocycles. The summed E-state index contributed by atoms with van der Waals surface area (Å²) in [6.45, 7) is -4.40. The quantitative estimate of drug-likeness (QED) is 0.235. The topological polar surface area (TPSA) is 84.8 Å². The number of halogens is 5. The number of alkyl halides is 4. The van der Waals surface area contributed by atoms with Crippen LogP contribution >= 0.6 is 0 Å². The van der Waals surface area contributed by atoms with Crippen molar-refractivity contribution in [3.63, 3.8) is 0 Å². The van der Waals surface area contributed by atoms with E-state index in [-0.39, 0.29) is 34.4 Å². The molecule has 1 aliphatic heterocycles. The van der Waals surface area contributed by atoms with Gasteiger partial charge in [0.05, 0.1) is 11.1 Å². The zero-order valence-electron chi connectivity index (χ0n) is 23.0. The van der Waals surface area contributed by atoms with Crippen LogP contribution in [0, 0.1) is 11.7 Å². The molecule has 0 bridgehead atoms. The molecule has 12 heteroatoms. The molecule has 0 radical (unpaired) electrons. The minimum Gasteiger partial charge on any atom is -0.434 e. The third-order valence-electron chi connectivity index (χ3n) is 7.76. The fourth-order valence-corrected chi connectivity index (χ4v) is 5.71. The fraction of sp³-hybridized carbons (Fsp3) is 0.323. The predicted octanol–water partition coefficient (Wildman–Crippen LogP) is 6.06. The van der Waals surface area contributed by atoms with E-state index in [1.165, 1.54) is 61.8 Å². The van der Waals surface area contributed by atoms with Crippen molar-refractivity contribution in [3.8, 4) is 11.6 Å². The summed E-state index contributed by atoms with van der Waals surface area (Å²) in [6.07, 6.45) is 3.57. The molecule has 43 heavy (non-hydrogen) atoms. The molecule has 1 aliphatic rings. The molecule has 1 atom stereocenters. The van der Waals surface area contributed by atoms with E-state index in [9.17, 15) is 31.9 Å². The lowest BCUT2D eigenvalue weighted by Gasteiger charge is -2.42. The fourth-order valence-electron chi connectivity index (χ4n) is 5.71. The second kappa shape index (κ2) is 12.5. The Bertz CT molecular complexity index is 1580. The minimum absolute atomic E-state index is 0.0119. The van der Waals surface area contributed by atoms with E-state index in [0.717, 1.165) is 0 Å². The molecule has 1 N–H and O–H groups in total. The number of amides is 1. The normalized spacial score (nSPS) is 15.6. The van der Waals surface area contributed by atoms with Gasteiger partial charge < -0.3 is 19.5 Å². The number of pyridine rings is 2. The number of hydrogen-bond donors (Lipinski definition) is 1. The first-order chi connectivity index (χ1) is 20.6. The lowest BCUT2D eigenvalue weighted by molar-refractivity contribution is -0.131. The summed E-state index contributed by atoms with van der Waals surface area (Å²) in [5, 5.41) is 12.5. The average Bonchev–Trinajstić information content (AvgIpc) is 2.98. The third kappa shape index (κ3) is 6.38. The SMILES string of the molecule is CC(=O)N1CCC(C(O)(c2ccc(F)cc2)c2ccc3nc(OC(F)F)c(Cc4cccnc4)c(OC(F)F)c3c2)CC1. The van der Waals surface area contributed by atoms with Crippen molar-refractivity contribution in [3.05, 3.63) is 95.1 Å². The van der Waals surface area contributed by atoms with Crippen LogP contribution in [0.1, 0.15) is 42.0 Å². The molecular formula is C31H28F5N3O4. The summed E-state index contributed by atoms with van der Waals surface area (Å²) in [7, 11) is 0. The lowest BCUT2D eigenvalue weighted by atomic mass is 9.71. The molecule has 3 heterocycles. The highest BCUT2D eigenvalue weighted by atomic mass is 19.3. The summed E-state index contributed by atoms with van der Waals surface area (Å²) < 4.78 is 78.0. The van der Waals surface area contributed by atoms with Gasteiger partial charge in [-0.2, -0.15) is 17.6 Å². The Morgan fingerprint density at radius 2 is 1.70 bits per heavy atom. The summed E-state index contributed by atoms with van der Waals surface area (Å²) >= 11 is 0. The number of piperidine rings is 1. The van der Waals surface area contributed by atoms with Crippen molar-refractivity contribution in [2.45, 2.75) is 45.0 Å². The van der Waals surface area contributed by atoms with Crippen LogP contribution in [0.4, 0.5) is 22.0 Å². The van der Waals surface area contributed by atoms with Crippen molar-refractivity contribution in [2.75, 3.05) is 13.1 Å². The molecule has 1 saturated heterocycles. The van der Waals surface area contributed by atoms with E-state index in [0.29, 0.717) is 37.1 Å². The molecule has 0 aliphatic carbocycles.